The molecule has 2 N–H and O–H groups in total. The van der Waals surface area contributed by atoms with Crippen LogP contribution in [0.25, 0.3) is 0 Å². The van der Waals surface area contributed by atoms with E-state index >= 15 is 0 Å². The SMILES string of the molecule is CC1CCN(c2ccc(C(=O)N[C@H]3CCCNC3)cn2)CC1.Cl.Cl. The summed E-state index contributed by atoms with van der Waals surface area (Å²) in [5, 5.41) is 6.40. The molecule has 0 saturated carbocycles. The lowest BCUT2D eigenvalue weighted by Gasteiger charge is -2.31. The van der Waals surface area contributed by atoms with Crippen LogP contribution in [-0.4, -0.2) is 43.1 Å². The van der Waals surface area contributed by atoms with Gasteiger partial charge in [-0.2, -0.15) is 0 Å². The van der Waals surface area contributed by atoms with E-state index in [2.05, 4.69) is 27.4 Å². The summed E-state index contributed by atoms with van der Waals surface area (Å²) in [4.78, 5) is 19.1. The van der Waals surface area contributed by atoms with E-state index in [1.54, 1.807) is 6.20 Å². The molecule has 3 rings (SSSR count). The van der Waals surface area contributed by atoms with Gasteiger partial charge in [-0.1, -0.05) is 6.92 Å². The van der Waals surface area contributed by atoms with Crippen LogP contribution in [-0.2, 0) is 0 Å². The zero-order chi connectivity index (χ0) is 15.4. The van der Waals surface area contributed by atoms with E-state index in [4.69, 9.17) is 0 Å². The molecule has 2 aliphatic heterocycles. The molecule has 0 bridgehead atoms. The number of carbonyl (C=O) groups is 1. The van der Waals surface area contributed by atoms with Crippen molar-refractivity contribution in [1.29, 1.82) is 0 Å². The van der Waals surface area contributed by atoms with Crippen LogP contribution >= 0.6 is 24.8 Å². The fourth-order valence-electron chi connectivity index (χ4n) is 3.19. The van der Waals surface area contributed by atoms with Gasteiger partial charge < -0.3 is 15.5 Å². The highest BCUT2D eigenvalue weighted by atomic mass is 35.5. The third kappa shape index (κ3) is 5.50. The molecule has 2 fully saturated rings. The number of nitrogens with one attached hydrogen (secondary N) is 2. The van der Waals surface area contributed by atoms with E-state index in [9.17, 15) is 4.79 Å². The lowest BCUT2D eigenvalue weighted by molar-refractivity contribution is 0.0930. The first-order valence-corrected chi connectivity index (χ1v) is 8.45. The summed E-state index contributed by atoms with van der Waals surface area (Å²) >= 11 is 0. The van der Waals surface area contributed by atoms with E-state index in [1.165, 1.54) is 12.8 Å². The number of pyridine rings is 1. The number of hydrogen-bond acceptors (Lipinski definition) is 4. The van der Waals surface area contributed by atoms with Crippen LogP contribution in [0.4, 0.5) is 5.82 Å². The summed E-state index contributed by atoms with van der Waals surface area (Å²) in [5.41, 5.74) is 0.653. The number of anilines is 1. The smallest absolute Gasteiger partial charge is 0.253 e. The first-order chi connectivity index (χ1) is 10.7. The highest BCUT2D eigenvalue weighted by molar-refractivity contribution is 5.94. The van der Waals surface area contributed by atoms with Gasteiger partial charge in [-0.15, -0.1) is 24.8 Å². The summed E-state index contributed by atoms with van der Waals surface area (Å²) in [7, 11) is 0. The molecular weight excluding hydrogens is 347 g/mol. The van der Waals surface area contributed by atoms with E-state index < -0.39 is 0 Å². The highest BCUT2D eigenvalue weighted by Crippen LogP contribution is 2.21. The Balaban J connectivity index is 0.00000144. The fraction of sp³-hybridized carbons (Fsp3) is 0.647. The normalized spacial score (nSPS) is 21.4. The molecule has 24 heavy (non-hydrogen) atoms. The molecular formula is C17H28Cl2N4O. The Labute approximate surface area is 156 Å². The molecule has 0 spiro atoms. The fourth-order valence-corrected chi connectivity index (χ4v) is 3.19. The van der Waals surface area contributed by atoms with Gasteiger partial charge in [-0.25, -0.2) is 4.98 Å². The van der Waals surface area contributed by atoms with Crippen molar-refractivity contribution in [2.75, 3.05) is 31.1 Å². The van der Waals surface area contributed by atoms with Gasteiger partial charge in [-0.3, -0.25) is 4.79 Å². The molecule has 1 aromatic heterocycles. The average molecular weight is 375 g/mol. The molecule has 0 radical (unpaired) electrons. The maximum Gasteiger partial charge on any atom is 0.253 e. The highest BCUT2D eigenvalue weighted by Gasteiger charge is 2.19. The molecule has 1 amide bonds. The maximum absolute atomic E-state index is 12.3. The van der Waals surface area contributed by atoms with Crippen LogP contribution in [0.15, 0.2) is 18.3 Å². The van der Waals surface area contributed by atoms with E-state index in [0.29, 0.717) is 5.56 Å². The van der Waals surface area contributed by atoms with Crippen LogP contribution in [0, 0.1) is 5.92 Å². The first kappa shape index (κ1) is 21.0. The van der Waals surface area contributed by atoms with Gasteiger partial charge in [0.1, 0.15) is 5.82 Å². The topological polar surface area (TPSA) is 57.3 Å². The number of halogens is 2. The number of hydrogen-bond donors (Lipinski definition) is 2. The minimum atomic E-state index is -0.0139. The predicted octanol–water partition coefficient (Wildman–Crippen LogP) is 2.64. The molecule has 0 aromatic carbocycles. The van der Waals surface area contributed by atoms with E-state index in [1.807, 2.05) is 12.1 Å². The summed E-state index contributed by atoms with van der Waals surface area (Å²) in [6.07, 6.45) is 6.32. The molecule has 2 aliphatic rings. The molecule has 2 saturated heterocycles. The molecule has 136 valence electrons. The van der Waals surface area contributed by atoms with Crippen molar-refractivity contribution in [3.8, 4) is 0 Å². The molecule has 1 aromatic rings. The molecule has 5 nitrogen and oxygen atoms in total. The lowest BCUT2D eigenvalue weighted by atomic mass is 9.99. The lowest BCUT2D eigenvalue weighted by Crippen LogP contribution is -2.45. The monoisotopic (exact) mass is 374 g/mol. The van der Waals surface area contributed by atoms with Gasteiger partial charge in [0.2, 0.25) is 0 Å². The van der Waals surface area contributed by atoms with Gasteiger partial charge in [0.05, 0.1) is 5.56 Å². The Morgan fingerprint density at radius 3 is 2.58 bits per heavy atom. The second-order valence-corrected chi connectivity index (χ2v) is 6.59. The summed E-state index contributed by atoms with van der Waals surface area (Å²) < 4.78 is 0. The summed E-state index contributed by atoms with van der Waals surface area (Å²) in [6, 6.07) is 4.11. The van der Waals surface area contributed by atoms with Crippen molar-refractivity contribution >= 4 is 36.5 Å². The number of carbonyl (C=O) groups excluding carboxylic acids is 1. The Morgan fingerprint density at radius 1 is 1.25 bits per heavy atom. The predicted molar refractivity (Wildman–Crippen MR) is 103 cm³/mol. The third-order valence-electron chi connectivity index (χ3n) is 4.75. The largest absolute Gasteiger partial charge is 0.357 e. The Morgan fingerprint density at radius 2 is 2.00 bits per heavy atom. The standard InChI is InChI=1S/C17H26N4O.2ClH/c1-13-6-9-21(10-7-13)16-5-4-14(11-19-16)17(22)20-15-3-2-8-18-12-15;;/h4-5,11,13,15,18H,2-3,6-10,12H2,1H3,(H,20,22);2*1H/t15-;;/m0../s1. The Kier molecular flexibility index (Phi) is 8.81. The second kappa shape index (κ2) is 10.1. The van der Waals surface area contributed by atoms with Gasteiger partial charge in [0.25, 0.3) is 5.91 Å². The van der Waals surface area contributed by atoms with Crippen LogP contribution in [0.2, 0.25) is 0 Å². The van der Waals surface area contributed by atoms with Crippen molar-refractivity contribution in [3.63, 3.8) is 0 Å². The molecule has 0 aliphatic carbocycles. The zero-order valence-electron chi connectivity index (χ0n) is 14.2. The van der Waals surface area contributed by atoms with Crippen molar-refractivity contribution in [1.82, 2.24) is 15.6 Å². The van der Waals surface area contributed by atoms with Crippen LogP contribution in [0.3, 0.4) is 0 Å². The number of amides is 1. The van der Waals surface area contributed by atoms with Crippen LogP contribution in [0.1, 0.15) is 43.0 Å². The number of rotatable bonds is 3. The molecule has 7 heteroatoms. The first-order valence-electron chi connectivity index (χ1n) is 8.45. The van der Waals surface area contributed by atoms with Gasteiger partial charge >= 0.3 is 0 Å². The number of piperidine rings is 2. The molecule has 3 heterocycles. The van der Waals surface area contributed by atoms with Gasteiger partial charge in [0, 0.05) is 31.9 Å². The number of aromatic nitrogens is 1. The maximum atomic E-state index is 12.3. The molecule has 0 unspecified atom stereocenters. The molecule has 1 atom stereocenters. The van der Waals surface area contributed by atoms with Gasteiger partial charge in [0.15, 0.2) is 0 Å². The van der Waals surface area contributed by atoms with Gasteiger partial charge in [-0.05, 0) is 50.3 Å². The summed E-state index contributed by atoms with van der Waals surface area (Å²) in [6.45, 7) is 6.35. The minimum Gasteiger partial charge on any atom is -0.357 e. The zero-order valence-corrected chi connectivity index (χ0v) is 15.8. The van der Waals surface area contributed by atoms with Crippen molar-refractivity contribution in [2.45, 2.75) is 38.6 Å². The summed E-state index contributed by atoms with van der Waals surface area (Å²) in [5.74, 6) is 1.79. The third-order valence-corrected chi connectivity index (χ3v) is 4.75. The number of nitrogens with zero attached hydrogens (tertiary/aromatic N) is 2. The van der Waals surface area contributed by atoms with E-state index in [0.717, 1.165) is 50.8 Å². The van der Waals surface area contributed by atoms with E-state index in [-0.39, 0.29) is 36.8 Å². The second-order valence-electron chi connectivity index (χ2n) is 6.59. The minimum absolute atomic E-state index is 0. The Hall–Kier alpha value is -1.04. The van der Waals surface area contributed by atoms with Crippen molar-refractivity contribution in [2.24, 2.45) is 5.92 Å². The quantitative estimate of drug-likeness (QED) is 0.853. The average Bonchev–Trinajstić information content (AvgIpc) is 2.57. The Bertz CT molecular complexity index is 498. The van der Waals surface area contributed by atoms with Crippen molar-refractivity contribution in [3.05, 3.63) is 23.9 Å². The van der Waals surface area contributed by atoms with Crippen molar-refractivity contribution < 1.29 is 4.79 Å². The van der Waals surface area contributed by atoms with Crippen LogP contribution in [0.5, 0.6) is 0 Å². The van der Waals surface area contributed by atoms with Crippen LogP contribution < -0.4 is 15.5 Å².